The summed E-state index contributed by atoms with van der Waals surface area (Å²) in [6.45, 7) is 4.53. The molecule has 2 aromatic carbocycles. The van der Waals surface area contributed by atoms with Crippen LogP contribution >= 0.6 is 0 Å². The van der Waals surface area contributed by atoms with Crippen LogP contribution in [-0.4, -0.2) is 23.3 Å². The van der Waals surface area contributed by atoms with Crippen molar-refractivity contribution in [3.8, 4) is 0 Å². The minimum Gasteiger partial charge on any atom is -0.320 e. The smallest absolute Gasteiger partial charge is 0.276 e. The van der Waals surface area contributed by atoms with E-state index in [-0.39, 0.29) is 23.2 Å². The third-order valence-corrected chi connectivity index (χ3v) is 4.97. The highest BCUT2D eigenvalue weighted by atomic mass is 16.2. The second-order valence-corrected chi connectivity index (χ2v) is 7.02. The van der Waals surface area contributed by atoms with Crippen LogP contribution in [0.3, 0.4) is 0 Å². The van der Waals surface area contributed by atoms with E-state index < -0.39 is 0 Å². The molecule has 28 heavy (non-hydrogen) atoms. The third kappa shape index (κ3) is 3.39. The van der Waals surface area contributed by atoms with Gasteiger partial charge in [-0.2, -0.15) is 0 Å². The number of para-hydroxylation sites is 1. The lowest BCUT2D eigenvalue weighted by molar-refractivity contribution is 0.0984. The summed E-state index contributed by atoms with van der Waals surface area (Å²) in [5.74, 6) is -0.517. The van der Waals surface area contributed by atoms with Gasteiger partial charge in [-0.3, -0.25) is 9.59 Å². The lowest BCUT2D eigenvalue weighted by Crippen LogP contribution is -2.30. The SMILES string of the molecule is Cc1ccc(C)c(NC(=O)c2cccc(C(=O)N3CCc4ccccc43)n2)c1. The molecule has 0 aliphatic carbocycles. The molecule has 0 radical (unpaired) electrons. The predicted molar refractivity (Wildman–Crippen MR) is 110 cm³/mol. The fraction of sp³-hybridized carbons (Fsp3) is 0.174. The van der Waals surface area contributed by atoms with E-state index in [1.807, 2.05) is 56.3 Å². The second kappa shape index (κ2) is 7.27. The summed E-state index contributed by atoms with van der Waals surface area (Å²) in [5, 5.41) is 2.89. The third-order valence-electron chi connectivity index (χ3n) is 4.97. The molecular weight excluding hydrogens is 350 g/mol. The number of hydrogen-bond acceptors (Lipinski definition) is 3. The monoisotopic (exact) mass is 371 g/mol. The maximum absolute atomic E-state index is 13.0. The molecule has 5 nitrogen and oxygen atoms in total. The van der Waals surface area contributed by atoms with Crippen LogP contribution in [0.4, 0.5) is 11.4 Å². The summed E-state index contributed by atoms with van der Waals surface area (Å²) in [6.07, 6.45) is 0.828. The molecule has 1 aliphatic rings. The van der Waals surface area contributed by atoms with Gasteiger partial charge in [0, 0.05) is 17.9 Å². The van der Waals surface area contributed by atoms with E-state index in [2.05, 4.69) is 10.3 Å². The number of carbonyl (C=O) groups excluding carboxylic acids is 2. The van der Waals surface area contributed by atoms with Crippen molar-refractivity contribution in [2.45, 2.75) is 20.3 Å². The second-order valence-electron chi connectivity index (χ2n) is 7.02. The summed E-state index contributed by atoms with van der Waals surface area (Å²) >= 11 is 0. The molecule has 0 saturated heterocycles. The zero-order valence-corrected chi connectivity index (χ0v) is 15.9. The first-order valence-corrected chi connectivity index (χ1v) is 9.28. The number of pyridine rings is 1. The van der Waals surface area contributed by atoms with E-state index in [9.17, 15) is 9.59 Å². The van der Waals surface area contributed by atoms with Crippen LogP contribution in [0.25, 0.3) is 0 Å². The first-order chi connectivity index (χ1) is 13.5. The normalized spacial score (nSPS) is 12.6. The lowest BCUT2D eigenvalue weighted by atomic mass is 10.1. The number of carbonyl (C=O) groups is 2. The first kappa shape index (κ1) is 17.9. The van der Waals surface area contributed by atoms with Crippen LogP contribution in [-0.2, 0) is 6.42 Å². The number of benzene rings is 2. The van der Waals surface area contributed by atoms with Crippen molar-refractivity contribution < 1.29 is 9.59 Å². The van der Waals surface area contributed by atoms with Gasteiger partial charge >= 0.3 is 0 Å². The first-order valence-electron chi connectivity index (χ1n) is 9.28. The van der Waals surface area contributed by atoms with Crippen LogP contribution in [0, 0.1) is 13.8 Å². The Morgan fingerprint density at radius 1 is 0.964 bits per heavy atom. The van der Waals surface area contributed by atoms with Gasteiger partial charge in [0.1, 0.15) is 11.4 Å². The zero-order chi connectivity index (χ0) is 19.7. The molecule has 0 spiro atoms. The average molecular weight is 371 g/mol. The van der Waals surface area contributed by atoms with Gasteiger partial charge in [0.05, 0.1) is 0 Å². The minimum absolute atomic E-state index is 0.189. The Morgan fingerprint density at radius 3 is 2.61 bits per heavy atom. The summed E-state index contributed by atoms with van der Waals surface area (Å²) in [5.41, 5.74) is 5.34. The van der Waals surface area contributed by atoms with E-state index in [0.717, 1.165) is 34.5 Å². The number of anilines is 2. The van der Waals surface area contributed by atoms with Gasteiger partial charge in [0.15, 0.2) is 0 Å². The molecule has 1 aliphatic heterocycles. The lowest BCUT2D eigenvalue weighted by Gasteiger charge is -2.17. The number of amides is 2. The van der Waals surface area contributed by atoms with Gasteiger partial charge in [0.25, 0.3) is 11.8 Å². The highest BCUT2D eigenvalue weighted by Gasteiger charge is 2.26. The Hall–Kier alpha value is -3.47. The Morgan fingerprint density at radius 2 is 1.75 bits per heavy atom. The highest BCUT2D eigenvalue weighted by molar-refractivity contribution is 6.08. The van der Waals surface area contributed by atoms with Crippen LogP contribution in [0.5, 0.6) is 0 Å². The molecule has 0 saturated carbocycles. The van der Waals surface area contributed by atoms with Gasteiger partial charge in [-0.05, 0) is 61.2 Å². The fourth-order valence-electron chi connectivity index (χ4n) is 3.42. The van der Waals surface area contributed by atoms with Gasteiger partial charge in [-0.15, -0.1) is 0 Å². The maximum Gasteiger partial charge on any atom is 0.276 e. The maximum atomic E-state index is 13.0. The van der Waals surface area contributed by atoms with Crippen LogP contribution in [0.2, 0.25) is 0 Å². The highest BCUT2D eigenvalue weighted by Crippen LogP contribution is 2.28. The van der Waals surface area contributed by atoms with Crippen molar-refractivity contribution in [1.82, 2.24) is 4.98 Å². The van der Waals surface area contributed by atoms with Crippen LogP contribution in [0.1, 0.15) is 37.7 Å². The number of rotatable bonds is 3. The van der Waals surface area contributed by atoms with Crippen molar-refractivity contribution in [3.05, 3.63) is 88.7 Å². The molecular formula is C23H21N3O2. The van der Waals surface area contributed by atoms with Gasteiger partial charge in [-0.25, -0.2) is 4.98 Å². The summed E-state index contributed by atoms with van der Waals surface area (Å²) < 4.78 is 0. The molecule has 1 N–H and O–H groups in total. The van der Waals surface area contributed by atoms with Crippen molar-refractivity contribution in [1.29, 1.82) is 0 Å². The molecule has 4 rings (SSSR count). The van der Waals surface area contributed by atoms with E-state index in [1.165, 1.54) is 0 Å². The van der Waals surface area contributed by atoms with E-state index >= 15 is 0 Å². The quantitative estimate of drug-likeness (QED) is 0.752. The molecule has 0 atom stereocenters. The molecule has 0 bridgehead atoms. The number of nitrogens with one attached hydrogen (secondary N) is 1. The molecule has 3 aromatic rings. The molecule has 5 heteroatoms. The predicted octanol–water partition coefficient (Wildman–Crippen LogP) is 4.15. The molecule has 2 amide bonds. The number of nitrogens with zero attached hydrogens (tertiary/aromatic N) is 2. The largest absolute Gasteiger partial charge is 0.320 e. The summed E-state index contributed by atoms with van der Waals surface area (Å²) in [6, 6.07) is 18.7. The number of fused-ring (bicyclic) bond motifs is 1. The minimum atomic E-state index is -0.329. The van der Waals surface area contributed by atoms with Gasteiger partial charge < -0.3 is 10.2 Å². The van der Waals surface area contributed by atoms with Gasteiger partial charge in [-0.1, -0.05) is 36.4 Å². The van der Waals surface area contributed by atoms with Crippen molar-refractivity contribution in [2.24, 2.45) is 0 Å². The van der Waals surface area contributed by atoms with E-state index in [4.69, 9.17) is 0 Å². The van der Waals surface area contributed by atoms with Crippen LogP contribution < -0.4 is 10.2 Å². The molecule has 1 aromatic heterocycles. The summed E-state index contributed by atoms with van der Waals surface area (Å²) in [7, 11) is 0. The molecule has 0 unspecified atom stereocenters. The Kier molecular flexibility index (Phi) is 4.65. The average Bonchev–Trinajstić information content (AvgIpc) is 3.14. The molecule has 0 fully saturated rings. The Balaban J connectivity index is 1.57. The summed E-state index contributed by atoms with van der Waals surface area (Å²) in [4.78, 5) is 31.7. The zero-order valence-electron chi connectivity index (χ0n) is 15.9. The Labute approximate surface area is 164 Å². The molecule has 2 heterocycles. The Bertz CT molecular complexity index is 1070. The fourth-order valence-corrected chi connectivity index (χ4v) is 3.42. The van der Waals surface area contributed by atoms with E-state index in [0.29, 0.717) is 6.54 Å². The topological polar surface area (TPSA) is 62.3 Å². The molecule has 140 valence electrons. The van der Waals surface area contributed by atoms with E-state index in [1.54, 1.807) is 23.1 Å². The standard InChI is InChI=1S/C23H21N3O2/c1-15-10-11-16(2)20(14-15)25-22(27)18-7-5-8-19(24-18)23(28)26-13-12-17-6-3-4-9-21(17)26/h3-11,14H,12-13H2,1-2H3,(H,25,27). The van der Waals surface area contributed by atoms with Crippen molar-refractivity contribution in [3.63, 3.8) is 0 Å². The van der Waals surface area contributed by atoms with Gasteiger partial charge in [0.2, 0.25) is 0 Å². The number of aryl methyl sites for hydroxylation is 2. The van der Waals surface area contributed by atoms with Crippen molar-refractivity contribution >= 4 is 23.2 Å². The number of aromatic nitrogens is 1. The number of hydrogen-bond donors (Lipinski definition) is 1. The van der Waals surface area contributed by atoms with Crippen molar-refractivity contribution in [2.75, 3.05) is 16.8 Å². The van der Waals surface area contributed by atoms with Crippen LogP contribution in [0.15, 0.2) is 60.7 Å².